The van der Waals surface area contributed by atoms with Gasteiger partial charge in [-0.2, -0.15) is 0 Å². The third-order valence-corrected chi connectivity index (χ3v) is 4.20. The lowest BCUT2D eigenvalue weighted by Crippen LogP contribution is -1.96. The van der Waals surface area contributed by atoms with Crippen LogP contribution >= 0.6 is 23.2 Å². The summed E-state index contributed by atoms with van der Waals surface area (Å²) in [6, 6.07) is 11.2. The number of pyridine rings is 1. The van der Waals surface area contributed by atoms with Crippen molar-refractivity contribution in [2.45, 2.75) is 6.92 Å². The molecule has 0 saturated carbocycles. The Balaban J connectivity index is 2.43. The molecular formula is C18H15Cl2NO2. The number of methoxy groups -OCH3 is 2. The summed E-state index contributed by atoms with van der Waals surface area (Å²) < 4.78 is 11.0. The predicted octanol–water partition coefficient (Wildman–Crippen LogP) is 5.53. The van der Waals surface area contributed by atoms with Crippen molar-refractivity contribution in [1.29, 1.82) is 0 Å². The van der Waals surface area contributed by atoms with Crippen molar-refractivity contribution in [3.05, 3.63) is 52.1 Å². The molecule has 0 bridgehead atoms. The molecule has 23 heavy (non-hydrogen) atoms. The summed E-state index contributed by atoms with van der Waals surface area (Å²) in [5.74, 6) is 1.29. The van der Waals surface area contributed by atoms with Crippen molar-refractivity contribution in [1.82, 2.24) is 4.98 Å². The number of benzene rings is 2. The van der Waals surface area contributed by atoms with Crippen molar-refractivity contribution < 1.29 is 9.47 Å². The van der Waals surface area contributed by atoms with Gasteiger partial charge in [0.25, 0.3) is 0 Å². The van der Waals surface area contributed by atoms with Crippen LogP contribution in [0.25, 0.3) is 22.0 Å². The number of rotatable bonds is 3. The molecule has 118 valence electrons. The Morgan fingerprint density at radius 3 is 2.39 bits per heavy atom. The normalized spacial score (nSPS) is 10.8. The van der Waals surface area contributed by atoms with Gasteiger partial charge in [-0.05, 0) is 42.6 Å². The molecule has 1 heterocycles. The van der Waals surface area contributed by atoms with Gasteiger partial charge in [0, 0.05) is 16.3 Å². The van der Waals surface area contributed by atoms with Crippen LogP contribution in [0.1, 0.15) is 5.69 Å². The molecule has 3 nitrogen and oxygen atoms in total. The topological polar surface area (TPSA) is 31.4 Å². The molecule has 0 amide bonds. The summed E-state index contributed by atoms with van der Waals surface area (Å²) >= 11 is 12.4. The number of ether oxygens (including phenoxy) is 2. The van der Waals surface area contributed by atoms with Crippen LogP contribution in [0, 0.1) is 6.92 Å². The first kappa shape index (κ1) is 15.9. The van der Waals surface area contributed by atoms with E-state index in [0.29, 0.717) is 21.5 Å². The molecule has 0 N–H and O–H groups in total. The highest BCUT2D eigenvalue weighted by atomic mass is 35.5. The molecule has 0 aliphatic rings. The average Bonchev–Trinajstić information content (AvgIpc) is 2.53. The minimum absolute atomic E-state index is 0.543. The molecular weight excluding hydrogens is 333 g/mol. The van der Waals surface area contributed by atoms with Gasteiger partial charge in [0.2, 0.25) is 0 Å². The van der Waals surface area contributed by atoms with E-state index < -0.39 is 0 Å². The van der Waals surface area contributed by atoms with Crippen LogP contribution in [0.15, 0.2) is 36.4 Å². The van der Waals surface area contributed by atoms with Crippen LogP contribution in [0.4, 0.5) is 0 Å². The second-order valence-electron chi connectivity index (χ2n) is 5.14. The molecule has 0 spiro atoms. The number of hydrogen-bond donors (Lipinski definition) is 0. The predicted molar refractivity (Wildman–Crippen MR) is 95.0 cm³/mol. The van der Waals surface area contributed by atoms with E-state index in [4.69, 9.17) is 32.7 Å². The van der Waals surface area contributed by atoms with Crippen molar-refractivity contribution in [2.24, 2.45) is 0 Å². The monoisotopic (exact) mass is 347 g/mol. The van der Waals surface area contributed by atoms with Gasteiger partial charge < -0.3 is 9.47 Å². The maximum Gasteiger partial charge on any atom is 0.170 e. The lowest BCUT2D eigenvalue weighted by Gasteiger charge is -2.15. The highest BCUT2D eigenvalue weighted by molar-refractivity contribution is 6.36. The molecule has 0 atom stereocenters. The molecule has 0 fully saturated rings. The first-order chi connectivity index (χ1) is 11.0. The molecule has 0 unspecified atom stereocenters. The van der Waals surface area contributed by atoms with Gasteiger partial charge in [-0.3, -0.25) is 4.98 Å². The SMILES string of the molecule is COc1ccc2cc(C)nc(-c3ccc(Cl)cc3Cl)c2c1OC. The number of hydrogen-bond acceptors (Lipinski definition) is 3. The summed E-state index contributed by atoms with van der Waals surface area (Å²) in [4.78, 5) is 4.68. The van der Waals surface area contributed by atoms with E-state index >= 15 is 0 Å². The summed E-state index contributed by atoms with van der Waals surface area (Å²) in [7, 11) is 3.23. The maximum absolute atomic E-state index is 6.39. The minimum atomic E-state index is 0.543. The Hall–Kier alpha value is -1.97. The van der Waals surface area contributed by atoms with E-state index in [9.17, 15) is 0 Å². The van der Waals surface area contributed by atoms with E-state index in [1.165, 1.54) is 0 Å². The van der Waals surface area contributed by atoms with Gasteiger partial charge in [0.1, 0.15) is 0 Å². The molecule has 5 heteroatoms. The van der Waals surface area contributed by atoms with Crippen molar-refractivity contribution >= 4 is 34.0 Å². The maximum atomic E-state index is 6.39. The Labute approximate surface area is 144 Å². The van der Waals surface area contributed by atoms with Crippen LogP contribution in [-0.4, -0.2) is 19.2 Å². The quantitative estimate of drug-likeness (QED) is 0.623. The van der Waals surface area contributed by atoms with E-state index in [0.717, 1.165) is 27.7 Å². The molecule has 2 aromatic carbocycles. The molecule has 3 rings (SSSR count). The number of nitrogens with zero attached hydrogens (tertiary/aromatic N) is 1. The minimum Gasteiger partial charge on any atom is -0.493 e. The highest BCUT2D eigenvalue weighted by Gasteiger charge is 2.17. The van der Waals surface area contributed by atoms with Gasteiger partial charge in [0.15, 0.2) is 11.5 Å². The van der Waals surface area contributed by atoms with Gasteiger partial charge in [-0.25, -0.2) is 0 Å². The third kappa shape index (κ3) is 2.82. The third-order valence-electron chi connectivity index (χ3n) is 3.65. The van der Waals surface area contributed by atoms with Gasteiger partial charge in [0.05, 0.1) is 30.3 Å². The van der Waals surface area contributed by atoms with Crippen molar-refractivity contribution in [3.8, 4) is 22.8 Å². The van der Waals surface area contributed by atoms with Crippen LogP contribution in [0.5, 0.6) is 11.5 Å². The summed E-state index contributed by atoms with van der Waals surface area (Å²) in [6.07, 6.45) is 0. The van der Waals surface area contributed by atoms with E-state index in [1.807, 2.05) is 31.2 Å². The van der Waals surface area contributed by atoms with Crippen molar-refractivity contribution in [2.75, 3.05) is 14.2 Å². The zero-order chi connectivity index (χ0) is 16.6. The number of fused-ring (bicyclic) bond motifs is 1. The molecule has 3 aromatic rings. The number of aromatic nitrogens is 1. The Bertz CT molecular complexity index is 894. The van der Waals surface area contributed by atoms with Crippen LogP contribution in [0.2, 0.25) is 10.0 Å². The zero-order valence-electron chi connectivity index (χ0n) is 13.0. The average molecular weight is 348 g/mol. The van der Waals surface area contributed by atoms with E-state index in [2.05, 4.69) is 4.98 Å². The number of aryl methyl sites for hydroxylation is 1. The van der Waals surface area contributed by atoms with E-state index in [-0.39, 0.29) is 0 Å². The molecule has 0 aliphatic carbocycles. The fourth-order valence-electron chi connectivity index (χ4n) is 2.67. The Kier molecular flexibility index (Phi) is 4.33. The van der Waals surface area contributed by atoms with Gasteiger partial charge in [-0.1, -0.05) is 29.3 Å². The van der Waals surface area contributed by atoms with Crippen LogP contribution in [-0.2, 0) is 0 Å². The van der Waals surface area contributed by atoms with Crippen LogP contribution < -0.4 is 9.47 Å². The van der Waals surface area contributed by atoms with Gasteiger partial charge >= 0.3 is 0 Å². The van der Waals surface area contributed by atoms with Crippen LogP contribution in [0.3, 0.4) is 0 Å². The second-order valence-corrected chi connectivity index (χ2v) is 5.98. The first-order valence-corrected chi connectivity index (χ1v) is 7.78. The summed E-state index contributed by atoms with van der Waals surface area (Å²) in [5, 5.41) is 3.00. The lowest BCUT2D eigenvalue weighted by molar-refractivity contribution is 0.358. The van der Waals surface area contributed by atoms with Gasteiger partial charge in [-0.15, -0.1) is 0 Å². The molecule has 0 radical (unpaired) electrons. The summed E-state index contributed by atoms with van der Waals surface area (Å²) in [6.45, 7) is 1.95. The smallest absolute Gasteiger partial charge is 0.170 e. The fourth-order valence-corrected chi connectivity index (χ4v) is 3.17. The Morgan fingerprint density at radius 2 is 1.74 bits per heavy atom. The largest absolute Gasteiger partial charge is 0.493 e. The Morgan fingerprint density at radius 1 is 0.957 bits per heavy atom. The fraction of sp³-hybridized carbons (Fsp3) is 0.167. The highest BCUT2D eigenvalue weighted by Crippen LogP contribution is 2.42. The molecule has 1 aromatic heterocycles. The lowest BCUT2D eigenvalue weighted by atomic mass is 10.0. The molecule has 0 saturated heterocycles. The zero-order valence-corrected chi connectivity index (χ0v) is 14.5. The van der Waals surface area contributed by atoms with Crippen molar-refractivity contribution in [3.63, 3.8) is 0 Å². The standard InChI is InChI=1S/C18H15Cl2NO2/c1-10-8-11-4-7-15(22-2)18(23-3)16(11)17(21-10)13-6-5-12(19)9-14(13)20/h4-9H,1-3H3. The molecule has 0 aliphatic heterocycles. The first-order valence-electron chi connectivity index (χ1n) is 7.03. The second kappa shape index (κ2) is 6.26. The number of halogens is 2. The van der Waals surface area contributed by atoms with E-state index in [1.54, 1.807) is 26.4 Å². The summed E-state index contributed by atoms with van der Waals surface area (Å²) in [5.41, 5.74) is 2.44.